The van der Waals surface area contributed by atoms with Crippen molar-refractivity contribution in [3.8, 4) is 22.5 Å². The number of aromatic nitrogens is 1. The summed E-state index contributed by atoms with van der Waals surface area (Å²) in [6.07, 6.45) is 2.58. The topological polar surface area (TPSA) is 75.4 Å². The molecule has 0 amide bonds. The number of nitrogens with zero attached hydrogens (tertiary/aromatic N) is 1. The number of hydrogen-bond acceptors (Lipinski definition) is 4. The van der Waals surface area contributed by atoms with Crippen LogP contribution in [0.2, 0.25) is 5.02 Å². The van der Waals surface area contributed by atoms with E-state index in [9.17, 15) is 14.3 Å². The third-order valence-corrected chi connectivity index (χ3v) is 7.57. The van der Waals surface area contributed by atoms with E-state index in [1.54, 1.807) is 12.1 Å². The zero-order valence-electron chi connectivity index (χ0n) is 20.7. The Morgan fingerprint density at radius 3 is 2.30 bits per heavy atom. The second kappa shape index (κ2) is 10.0. The highest BCUT2D eigenvalue weighted by Crippen LogP contribution is 2.48. The van der Waals surface area contributed by atoms with Gasteiger partial charge < -0.3 is 14.9 Å². The molecule has 0 spiro atoms. The van der Waals surface area contributed by atoms with Crippen molar-refractivity contribution in [3.63, 3.8) is 0 Å². The minimum Gasteiger partial charge on any atom is -0.481 e. The van der Waals surface area contributed by atoms with E-state index >= 15 is 0 Å². The lowest BCUT2D eigenvalue weighted by molar-refractivity contribution is -0.140. The van der Waals surface area contributed by atoms with Gasteiger partial charge in [-0.05, 0) is 68.4 Å². The summed E-state index contributed by atoms with van der Waals surface area (Å²) in [6, 6.07) is 20.6. The van der Waals surface area contributed by atoms with E-state index < -0.39 is 11.4 Å². The number of aliphatic carboxylic acids is 1. The highest BCUT2D eigenvalue weighted by molar-refractivity contribution is 6.31. The first-order chi connectivity index (χ1) is 17.8. The lowest BCUT2D eigenvalue weighted by Gasteiger charge is -2.16. The van der Waals surface area contributed by atoms with Crippen molar-refractivity contribution in [1.29, 1.82) is 0 Å². The monoisotopic (exact) mass is 518 g/mol. The molecular weight excluding hydrogens is 491 g/mol. The van der Waals surface area contributed by atoms with Crippen molar-refractivity contribution < 1.29 is 18.8 Å². The Bertz CT molecular complexity index is 1410. The standard InChI is InChI=1S/C30H28ClFN2O3/c1-18(6-15-24-25(31)4-3-5-26(24)32)33-27-19(2)34-37-28(27)22-9-7-20(8-10-22)21-11-13-23(14-12-21)30(16-17-30)29(35)36/h3-5,7-14,18,33H,6,15-17H2,1-2H3,(H,35,36). The van der Waals surface area contributed by atoms with Gasteiger partial charge >= 0.3 is 5.97 Å². The molecule has 5 nitrogen and oxygen atoms in total. The maximum absolute atomic E-state index is 14.1. The summed E-state index contributed by atoms with van der Waals surface area (Å²) in [6.45, 7) is 3.92. The molecule has 37 heavy (non-hydrogen) atoms. The van der Waals surface area contributed by atoms with Crippen molar-refractivity contribution in [2.45, 2.75) is 51.0 Å². The van der Waals surface area contributed by atoms with E-state index in [1.807, 2.05) is 62.4 Å². The third-order valence-electron chi connectivity index (χ3n) is 7.22. The number of benzene rings is 3. The van der Waals surface area contributed by atoms with E-state index in [0.29, 0.717) is 42.0 Å². The van der Waals surface area contributed by atoms with Gasteiger partial charge in [0.05, 0.1) is 5.41 Å². The van der Waals surface area contributed by atoms with Crippen LogP contribution in [-0.2, 0) is 16.6 Å². The van der Waals surface area contributed by atoms with Crippen molar-refractivity contribution in [2.24, 2.45) is 0 Å². The highest BCUT2D eigenvalue weighted by atomic mass is 35.5. The molecule has 3 aromatic carbocycles. The molecule has 0 aliphatic heterocycles. The van der Waals surface area contributed by atoms with Crippen LogP contribution in [0.1, 0.15) is 43.0 Å². The lowest BCUT2D eigenvalue weighted by atomic mass is 9.93. The summed E-state index contributed by atoms with van der Waals surface area (Å²) in [4.78, 5) is 11.6. The molecule has 1 fully saturated rings. The average Bonchev–Trinajstić information content (AvgIpc) is 3.63. The Morgan fingerprint density at radius 2 is 1.70 bits per heavy atom. The number of aryl methyl sites for hydroxylation is 1. The number of hydrogen-bond donors (Lipinski definition) is 2. The summed E-state index contributed by atoms with van der Waals surface area (Å²) in [5.41, 5.74) is 5.18. The molecule has 0 saturated heterocycles. The van der Waals surface area contributed by atoms with Crippen LogP contribution in [0.15, 0.2) is 71.3 Å². The number of rotatable bonds is 9. The first kappa shape index (κ1) is 25.0. The second-order valence-electron chi connectivity index (χ2n) is 9.80. The molecule has 1 aliphatic carbocycles. The minimum absolute atomic E-state index is 0.0332. The van der Waals surface area contributed by atoms with Gasteiger partial charge in [-0.1, -0.05) is 71.4 Å². The summed E-state index contributed by atoms with van der Waals surface area (Å²) in [7, 11) is 0. The summed E-state index contributed by atoms with van der Waals surface area (Å²) < 4.78 is 19.8. The molecule has 0 radical (unpaired) electrons. The summed E-state index contributed by atoms with van der Waals surface area (Å²) in [5, 5.41) is 17.6. The Labute approximate surface area is 220 Å². The first-order valence-corrected chi connectivity index (χ1v) is 12.8. The maximum Gasteiger partial charge on any atom is 0.314 e. The SMILES string of the molecule is Cc1noc(-c2ccc(-c3ccc(C4(C(=O)O)CC4)cc3)cc2)c1NC(C)CCc1c(F)cccc1Cl. The van der Waals surface area contributed by atoms with E-state index in [-0.39, 0.29) is 11.9 Å². The van der Waals surface area contributed by atoms with Crippen molar-refractivity contribution >= 4 is 23.3 Å². The Balaban J connectivity index is 1.29. The largest absolute Gasteiger partial charge is 0.481 e. The molecule has 1 heterocycles. The molecule has 1 aliphatic rings. The zero-order valence-corrected chi connectivity index (χ0v) is 21.5. The van der Waals surface area contributed by atoms with E-state index in [4.69, 9.17) is 16.1 Å². The third kappa shape index (κ3) is 4.98. The van der Waals surface area contributed by atoms with Crippen molar-refractivity contribution in [3.05, 3.63) is 94.4 Å². The fourth-order valence-electron chi connectivity index (χ4n) is 4.73. The molecule has 7 heteroatoms. The van der Waals surface area contributed by atoms with Gasteiger partial charge in [0.2, 0.25) is 0 Å². The van der Waals surface area contributed by atoms with Gasteiger partial charge in [0.15, 0.2) is 5.76 Å². The van der Waals surface area contributed by atoms with Crippen LogP contribution in [0.3, 0.4) is 0 Å². The molecule has 1 unspecified atom stereocenters. The molecule has 190 valence electrons. The Morgan fingerprint density at radius 1 is 1.08 bits per heavy atom. The number of anilines is 1. The number of carboxylic acid groups (broad SMARTS) is 1. The normalized spacial score (nSPS) is 14.8. The van der Waals surface area contributed by atoms with Gasteiger partial charge in [0.1, 0.15) is 17.2 Å². The van der Waals surface area contributed by atoms with Crippen molar-refractivity contribution in [2.75, 3.05) is 5.32 Å². The molecule has 5 rings (SSSR count). The van der Waals surface area contributed by atoms with Gasteiger partial charge in [-0.3, -0.25) is 4.79 Å². The second-order valence-corrected chi connectivity index (χ2v) is 10.2. The number of nitrogens with one attached hydrogen (secondary N) is 1. The van der Waals surface area contributed by atoms with Crippen LogP contribution in [0, 0.1) is 12.7 Å². The molecule has 0 bridgehead atoms. The van der Waals surface area contributed by atoms with Crippen molar-refractivity contribution in [1.82, 2.24) is 5.16 Å². The fraction of sp³-hybridized carbons (Fsp3) is 0.267. The molecule has 1 saturated carbocycles. The number of carbonyl (C=O) groups is 1. The fourth-order valence-corrected chi connectivity index (χ4v) is 4.99. The molecule has 2 N–H and O–H groups in total. The van der Waals surface area contributed by atoms with Gasteiger partial charge in [-0.2, -0.15) is 0 Å². The minimum atomic E-state index is -0.748. The average molecular weight is 519 g/mol. The van der Waals surface area contributed by atoms with Gasteiger partial charge in [-0.25, -0.2) is 4.39 Å². The molecule has 4 aromatic rings. The van der Waals surface area contributed by atoms with Crippen LogP contribution in [-0.4, -0.2) is 22.3 Å². The first-order valence-electron chi connectivity index (χ1n) is 12.4. The predicted octanol–water partition coefficient (Wildman–Crippen LogP) is 7.66. The zero-order chi connectivity index (χ0) is 26.2. The lowest BCUT2D eigenvalue weighted by Crippen LogP contribution is -2.19. The van der Waals surface area contributed by atoms with Gasteiger partial charge in [0.25, 0.3) is 0 Å². The Kier molecular flexibility index (Phi) is 6.78. The van der Waals surface area contributed by atoms with Crippen LogP contribution >= 0.6 is 11.6 Å². The highest BCUT2D eigenvalue weighted by Gasteiger charge is 2.51. The van der Waals surface area contributed by atoms with E-state index in [2.05, 4.69) is 10.5 Å². The number of halogens is 2. The smallest absolute Gasteiger partial charge is 0.314 e. The number of carboxylic acids is 1. The molecule has 1 atom stereocenters. The van der Waals surface area contributed by atoms with Crippen LogP contribution in [0.5, 0.6) is 0 Å². The quantitative estimate of drug-likeness (QED) is 0.238. The Hall–Kier alpha value is -3.64. The molecular formula is C30H28ClFN2O3. The predicted molar refractivity (Wildman–Crippen MR) is 143 cm³/mol. The van der Waals surface area contributed by atoms with Crippen LogP contribution in [0.25, 0.3) is 22.5 Å². The summed E-state index contributed by atoms with van der Waals surface area (Å²) >= 11 is 6.18. The molecule has 1 aromatic heterocycles. The summed E-state index contributed by atoms with van der Waals surface area (Å²) in [5.74, 6) is -0.390. The van der Waals surface area contributed by atoms with Gasteiger partial charge in [-0.15, -0.1) is 0 Å². The van der Waals surface area contributed by atoms with Crippen LogP contribution in [0.4, 0.5) is 10.1 Å². The van der Waals surface area contributed by atoms with E-state index in [0.717, 1.165) is 33.6 Å². The van der Waals surface area contributed by atoms with Gasteiger partial charge in [0, 0.05) is 22.2 Å². The maximum atomic E-state index is 14.1. The van der Waals surface area contributed by atoms with Crippen LogP contribution < -0.4 is 5.32 Å². The van der Waals surface area contributed by atoms with E-state index in [1.165, 1.54) is 6.07 Å².